The van der Waals surface area contributed by atoms with E-state index in [0.717, 1.165) is 4.47 Å². The summed E-state index contributed by atoms with van der Waals surface area (Å²) in [4.78, 5) is 24.3. The fourth-order valence-corrected chi connectivity index (χ4v) is 2.97. The number of halogens is 3. The number of hydrogen-bond acceptors (Lipinski definition) is 5. The van der Waals surface area contributed by atoms with Gasteiger partial charge in [0, 0.05) is 10.0 Å². The summed E-state index contributed by atoms with van der Waals surface area (Å²) in [5.74, 6) is -0.971. The van der Waals surface area contributed by atoms with Crippen LogP contribution < -0.4 is 14.9 Å². The van der Waals surface area contributed by atoms with E-state index in [2.05, 4.69) is 26.5 Å². The van der Waals surface area contributed by atoms with E-state index >= 15 is 0 Å². The smallest absolute Gasteiger partial charge is 0.345 e. The van der Waals surface area contributed by atoms with Crippen molar-refractivity contribution < 1.29 is 23.5 Å². The number of hydrazone groups is 1. The van der Waals surface area contributed by atoms with Crippen LogP contribution in [0.3, 0.4) is 0 Å². The quantitative estimate of drug-likeness (QED) is 0.212. The number of benzene rings is 3. The van der Waals surface area contributed by atoms with Gasteiger partial charge in [0.2, 0.25) is 0 Å². The Morgan fingerprint density at radius 1 is 1.10 bits per heavy atom. The molecule has 0 heterocycles. The van der Waals surface area contributed by atoms with Crippen LogP contribution in [0.15, 0.2) is 76.3 Å². The van der Waals surface area contributed by atoms with E-state index in [1.54, 1.807) is 42.5 Å². The van der Waals surface area contributed by atoms with Crippen molar-refractivity contribution in [2.24, 2.45) is 5.10 Å². The second kappa shape index (κ2) is 10.7. The van der Waals surface area contributed by atoms with Crippen molar-refractivity contribution in [1.82, 2.24) is 5.43 Å². The Bertz CT molecular complexity index is 1120. The van der Waals surface area contributed by atoms with Gasteiger partial charge in [-0.2, -0.15) is 5.10 Å². The molecule has 1 N–H and O–H groups in total. The van der Waals surface area contributed by atoms with Gasteiger partial charge in [0.15, 0.2) is 6.61 Å². The Balaban J connectivity index is 1.62. The maximum absolute atomic E-state index is 12.9. The molecule has 31 heavy (non-hydrogen) atoms. The highest BCUT2D eigenvalue weighted by Gasteiger charge is 2.14. The van der Waals surface area contributed by atoms with E-state index in [1.165, 1.54) is 30.5 Å². The highest BCUT2D eigenvalue weighted by atomic mass is 79.9. The first-order valence-corrected chi connectivity index (χ1v) is 10.1. The van der Waals surface area contributed by atoms with Crippen LogP contribution in [-0.4, -0.2) is 24.7 Å². The molecule has 0 spiro atoms. The molecule has 0 aromatic heterocycles. The molecule has 158 valence electrons. The minimum Gasteiger partial charge on any atom is -0.484 e. The van der Waals surface area contributed by atoms with Gasteiger partial charge in [-0.1, -0.05) is 39.7 Å². The Morgan fingerprint density at radius 2 is 1.84 bits per heavy atom. The second-order valence-corrected chi connectivity index (χ2v) is 7.41. The van der Waals surface area contributed by atoms with E-state index in [0.29, 0.717) is 11.3 Å². The Hall–Kier alpha value is -3.23. The second-order valence-electron chi connectivity index (χ2n) is 6.09. The third kappa shape index (κ3) is 6.63. The molecule has 0 aliphatic rings. The van der Waals surface area contributed by atoms with Crippen LogP contribution in [0.1, 0.15) is 15.9 Å². The predicted octanol–water partition coefficient (Wildman–Crippen LogP) is 4.99. The lowest BCUT2D eigenvalue weighted by atomic mass is 10.2. The topological polar surface area (TPSA) is 77.0 Å². The van der Waals surface area contributed by atoms with Gasteiger partial charge in [-0.05, 0) is 54.6 Å². The molecule has 0 saturated heterocycles. The lowest BCUT2D eigenvalue weighted by Gasteiger charge is -2.09. The molecule has 3 rings (SSSR count). The molecule has 0 unspecified atom stereocenters. The summed E-state index contributed by atoms with van der Waals surface area (Å²) in [6.45, 7) is -0.310. The van der Waals surface area contributed by atoms with Crippen molar-refractivity contribution in [2.75, 3.05) is 6.61 Å². The fraction of sp³-hybridized carbons (Fsp3) is 0.0455. The van der Waals surface area contributed by atoms with E-state index in [4.69, 9.17) is 21.1 Å². The van der Waals surface area contributed by atoms with Crippen molar-refractivity contribution >= 4 is 45.6 Å². The van der Waals surface area contributed by atoms with Crippen molar-refractivity contribution in [3.05, 3.63) is 93.2 Å². The van der Waals surface area contributed by atoms with Gasteiger partial charge in [-0.25, -0.2) is 14.6 Å². The fourth-order valence-electron chi connectivity index (χ4n) is 2.38. The average Bonchev–Trinajstić information content (AvgIpc) is 2.75. The molecule has 9 heteroatoms. The molecule has 3 aromatic carbocycles. The number of esters is 1. The lowest BCUT2D eigenvalue weighted by Crippen LogP contribution is -2.24. The van der Waals surface area contributed by atoms with Crippen LogP contribution >= 0.6 is 27.5 Å². The standard InChI is InChI=1S/C22H15BrClFN2O4/c23-15-5-10-20(31-22(29)18-3-1-2-4-19(18)24)14(11-15)12-26-27-21(28)13-30-17-8-6-16(25)7-9-17/h1-12H,13H2,(H,27,28)/b26-12-. The van der Waals surface area contributed by atoms with Gasteiger partial charge < -0.3 is 9.47 Å². The van der Waals surface area contributed by atoms with Crippen LogP contribution in [-0.2, 0) is 4.79 Å². The van der Waals surface area contributed by atoms with E-state index in [9.17, 15) is 14.0 Å². The van der Waals surface area contributed by atoms with Gasteiger partial charge in [-0.3, -0.25) is 4.79 Å². The van der Waals surface area contributed by atoms with E-state index < -0.39 is 17.7 Å². The molecule has 3 aromatic rings. The third-order valence-electron chi connectivity index (χ3n) is 3.84. The van der Waals surface area contributed by atoms with Crippen LogP contribution in [0.5, 0.6) is 11.5 Å². The Morgan fingerprint density at radius 3 is 2.58 bits per heavy atom. The first-order valence-electron chi connectivity index (χ1n) is 8.89. The van der Waals surface area contributed by atoms with Gasteiger partial charge in [0.1, 0.15) is 17.3 Å². The largest absolute Gasteiger partial charge is 0.484 e. The molecule has 0 atom stereocenters. The lowest BCUT2D eigenvalue weighted by molar-refractivity contribution is -0.123. The van der Waals surface area contributed by atoms with Crippen molar-refractivity contribution in [3.63, 3.8) is 0 Å². The minimum absolute atomic E-state index is 0.223. The summed E-state index contributed by atoms with van der Waals surface area (Å²) in [5, 5.41) is 4.14. The SMILES string of the molecule is O=C(COc1ccc(F)cc1)N/N=C\c1cc(Br)ccc1OC(=O)c1ccccc1Cl. The highest BCUT2D eigenvalue weighted by molar-refractivity contribution is 9.10. The normalized spacial score (nSPS) is 10.7. The number of nitrogens with one attached hydrogen (secondary N) is 1. The summed E-state index contributed by atoms with van der Waals surface area (Å²) >= 11 is 9.38. The van der Waals surface area contributed by atoms with Crippen LogP contribution in [0.4, 0.5) is 4.39 Å². The Kier molecular flexibility index (Phi) is 7.75. The molecule has 0 aliphatic carbocycles. The molecule has 0 aliphatic heterocycles. The summed E-state index contributed by atoms with van der Waals surface area (Å²) in [6, 6.07) is 16.7. The monoisotopic (exact) mass is 504 g/mol. The number of ether oxygens (including phenoxy) is 2. The number of nitrogens with zero attached hydrogens (tertiary/aromatic N) is 1. The van der Waals surface area contributed by atoms with Crippen molar-refractivity contribution in [3.8, 4) is 11.5 Å². The summed E-state index contributed by atoms with van der Waals surface area (Å²) in [6.07, 6.45) is 1.33. The molecule has 0 radical (unpaired) electrons. The maximum Gasteiger partial charge on any atom is 0.345 e. The zero-order chi connectivity index (χ0) is 22.2. The van der Waals surface area contributed by atoms with E-state index in [1.807, 2.05) is 0 Å². The summed E-state index contributed by atoms with van der Waals surface area (Å²) < 4.78 is 24.3. The molecular formula is C22H15BrClFN2O4. The van der Waals surface area contributed by atoms with Gasteiger partial charge >= 0.3 is 5.97 Å². The summed E-state index contributed by atoms with van der Waals surface area (Å²) in [5.41, 5.74) is 2.97. The Labute approximate surface area is 190 Å². The van der Waals surface area contributed by atoms with Crippen molar-refractivity contribution in [1.29, 1.82) is 0 Å². The number of hydrogen-bond donors (Lipinski definition) is 1. The minimum atomic E-state index is -0.626. The third-order valence-corrected chi connectivity index (χ3v) is 4.67. The zero-order valence-corrected chi connectivity index (χ0v) is 18.2. The first kappa shape index (κ1) is 22.5. The van der Waals surface area contributed by atoms with Gasteiger partial charge in [0.25, 0.3) is 5.91 Å². The van der Waals surface area contributed by atoms with E-state index in [-0.39, 0.29) is 22.9 Å². The number of amides is 1. The molecule has 0 saturated carbocycles. The first-order chi connectivity index (χ1) is 14.9. The molecule has 0 fully saturated rings. The molecular weight excluding hydrogens is 491 g/mol. The van der Waals surface area contributed by atoms with Crippen LogP contribution in [0, 0.1) is 5.82 Å². The molecule has 1 amide bonds. The number of carbonyl (C=O) groups is 2. The van der Waals surface area contributed by atoms with Gasteiger partial charge in [0.05, 0.1) is 16.8 Å². The highest BCUT2D eigenvalue weighted by Crippen LogP contribution is 2.24. The summed E-state index contributed by atoms with van der Waals surface area (Å²) in [7, 11) is 0. The number of rotatable bonds is 7. The molecule has 6 nitrogen and oxygen atoms in total. The number of carbonyl (C=O) groups excluding carboxylic acids is 2. The molecule has 0 bridgehead atoms. The van der Waals surface area contributed by atoms with Crippen LogP contribution in [0.25, 0.3) is 0 Å². The van der Waals surface area contributed by atoms with Crippen molar-refractivity contribution in [2.45, 2.75) is 0 Å². The maximum atomic E-state index is 12.9. The zero-order valence-electron chi connectivity index (χ0n) is 15.8. The predicted molar refractivity (Wildman–Crippen MR) is 118 cm³/mol. The van der Waals surface area contributed by atoms with Gasteiger partial charge in [-0.15, -0.1) is 0 Å². The van der Waals surface area contributed by atoms with Crippen LogP contribution in [0.2, 0.25) is 5.02 Å². The average molecular weight is 506 g/mol.